The minimum atomic E-state index is -1.17. The smallest absolute Gasteiger partial charge is 0.209 e. The Morgan fingerprint density at radius 3 is 2.19 bits per heavy atom. The molecule has 0 N–H and O–H groups in total. The third-order valence-electron chi connectivity index (χ3n) is 2.19. The van der Waals surface area contributed by atoms with Crippen LogP contribution in [-0.4, -0.2) is 21.3 Å². The van der Waals surface area contributed by atoms with Gasteiger partial charge in [0.15, 0.2) is 5.85 Å². The van der Waals surface area contributed by atoms with E-state index in [1.165, 1.54) is 7.11 Å². The van der Waals surface area contributed by atoms with E-state index < -0.39 is 8.38 Å². The second-order valence-electron chi connectivity index (χ2n) is 3.12. The van der Waals surface area contributed by atoms with Crippen molar-refractivity contribution in [2.45, 2.75) is 12.8 Å². The van der Waals surface area contributed by atoms with Crippen molar-refractivity contribution >= 4 is 8.38 Å². The normalized spacial score (nSPS) is 13.1. The van der Waals surface area contributed by atoms with Gasteiger partial charge >= 0.3 is 0 Å². The molecule has 4 nitrogen and oxygen atoms in total. The first-order valence-corrected chi connectivity index (χ1v) is 6.11. The predicted molar refractivity (Wildman–Crippen MR) is 63.0 cm³/mol. The number of aryl methyl sites for hydroxylation is 1. The molecule has 1 aromatic carbocycles. The Morgan fingerprint density at radius 1 is 1.06 bits per heavy atom. The van der Waals surface area contributed by atoms with Crippen LogP contribution in [0.4, 0.5) is 0 Å². The van der Waals surface area contributed by atoms with Crippen LogP contribution < -0.4 is 0 Å². The number of benzene rings is 1. The topological polar surface area (TPSA) is 36.9 Å². The zero-order valence-electron chi connectivity index (χ0n) is 9.97. The number of hydrogen-bond acceptors (Lipinski definition) is 4. The summed E-state index contributed by atoms with van der Waals surface area (Å²) >= 11 is 0. The molecule has 90 valence electrons. The van der Waals surface area contributed by atoms with Crippen LogP contribution >= 0.6 is 8.38 Å². The van der Waals surface area contributed by atoms with Gasteiger partial charge in [-0.3, -0.25) is 0 Å². The minimum absolute atomic E-state index is 0.337. The third kappa shape index (κ3) is 3.24. The van der Waals surface area contributed by atoms with Crippen LogP contribution in [0.15, 0.2) is 24.3 Å². The Labute approximate surface area is 97.3 Å². The summed E-state index contributed by atoms with van der Waals surface area (Å²) in [5.41, 5.74) is 2.13. The molecular weight excluding hydrogens is 227 g/mol. The molecule has 0 aliphatic carbocycles. The van der Waals surface area contributed by atoms with E-state index in [2.05, 4.69) is 0 Å². The average Bonchev–Trinajstić information content (AvgIpc) is 2.30. The molecule has 16 heavy (non-hydrogen) atoms. The summed E-state index contributed by atoms with van der Waals surface area (Å²) in [6.07, 6.45) is 0. The van der Waals surface area contributed by atoms with Crippen LogP contribution in [0.1, 0.15) is 17.0 Å². The summed E-state index contributed by atoms with van der Waals surface area (Å²) in [5, 5.41) is 0. The summed E-state index contributed by atoms with van der Waals surface area (Å²) < 4.78 is 10.5. The van der Waals surface area contributed by atoms with Gasteiger partial charge in [0.1, 0.15) is 0 Å². The van der Waals surface area contributed by atoms with Gasteiger partial charge < -0.3 is 9.05 Å². The molecule has 0 spiro atoms. The van der Waals surface area contributed by atoms with Crippen LogP contribution in [-0.2, 0) is 18.8 Å². The molecule has 5 heteroatoms. The fourth-order valence-electron chi connectivity index (χ4n) is 1.42. The zero-order valence-corrected chi connectivity index (χ0v) is 10.9. The van der Waals surface area contributed by atoms with E-state index in [0.29, 0.717) is 0 Å². The Kier molecular flexibility index (Phi) is 5.88. The largest absolute Gasteiger partial charge is 0.335 e. The molecule has 0 aromatic heterocycles. The highest BCUT2D eigenvalue weighted by molar-refractivity contribution is 7.47. The van der Waals surface area contributed by atoms with Crippen molar-refractivity contribution < 1.29 is 18.8 Å². The standard InChI is InChI=1S/C11H17O4P/c1-9-7-5-6-8-10(9)11(15-12-2)16(13-3)14-4/h5-8,11H,1-4H3. The highest BCUT2D eigenvalue weighted by Crippen LogP contribution is 2.53. The molecule has 1 atom stereocenters. The van der Waals surface area contributed by atoms with Crippen LogP contribution in [0, 0.1) is 6.92 Å². The van der Waals surface area contributed by atoms with Crippen molar-refractivity contribution in [3.63, 3.8) is 0 Å². The van der Waals surface area contributed by atoms with E-state index in [0.717, 1.165) is 11.1 Å². The summed E-state index contributed by atoms with van der Waals surface area (Å²) in [6.45, 7) is 2.01. The maximum absolute atomic E-state index is 5.26. The third-order valence-corrected chi connectivity index (χ3v) is 3.66. The van der Waals surface area contributed by atoms with Gasteiger partial charge in [-0.2, -0.15) is 0 Å². The quantitative estimate of drug-likeness (QED) is 0.437. The molecule has 1 unspecified atom stereocenters. The van der Waals surface area contributed by atoms with Gasteiger partial charge in [0.05, 0.1) is 7.11 Å². The Bertz CT molecular complexity index is 315. The molecule has 0 radical (unpaired) electrons. The lowest BCUT2D eigenvalue weighted by molar-refractivity contribution is -0.289. The second-order valence-corrected chi connectivity index (χ2v) is 4.89. The lowest BCUT2D eigenvalue weighted by Gasteiger charge is -2.23. The number of rotatable bonds is 6. The number of hydrogen-bond donors (Lipinski definition) is 0. The molecule has 1 aromatic rings. The highest BCUT2D eigenvalue weighted by Gasteiger charge is 2.27. The average molecular weight is 244 g/mol. The van der Waals surface area contributed by atoms with Crippen molar-refractivity contribution in [2.75, 3.05) is 21.3 Å². The van der Waals surface area contributed by atoms with E-state index in [1.54, 1.807) is 14.2 Å². The molecule has 0 fully saturated rings. The summed E-state index contributed by atoms with van der Waals surface area (Å²) in [4.78, 5) is 9.99. The van der Waals surface area contributed by atoms with E-state index in [1.807, 2.05) is 31.2 Å². The van der Waals surface area contributed by atoms with Gasteiger partial charge in [-0.25, -0.2) is 9.78 Å². The maximum Gasteiger partial charge on any atom is 0.209 e. The lowest BCUT2D eigenvalue weighted by atomic mass is 10.1. The van der Waals surface area contributed by atoms with Crippen LogP contribution in [0.3, 0.4) is 0 Å². The second kappa shape index (κ2) is 6.94. The van der Waals surface area contributed by atoms with Gasteiger partial charge in [0.25, 0.3) is 0 Å². The monoisotopic (exact) mass is 244 g/mol. The minimum Gasteiger partial charge on any atom is -0.335 e. The summed E-state index contributed by atoms with van der Waals surface area (Å²) in [6, 6.07) is 7.92. The van der Waals surface area contributed by atoms with Crippen LogP contribution in [0.5, 0.6) is 0 Å². The van der Waals surface area contributed by atoms with Gasteiger partial charge in [-0.1, -0.05) is 24.3 Å². The van der Waals surface area contributed by atoms with Gasteiger partial charge in [-0.15, -0.1) is 0 Å². The Balaban J connectivity index is 2.97. The van der Waals surface area contributed by atoms with E-state index in [9.17, 15) is 0 Å². The fraction of sp³-hybridized carbons (Fsp3) is 0.455. The summed E-state index contributed by atoms with van der Waals surface area (Å²) in [5.74, 6) is -0.337. The Morgan fingerprint density at radius 2 is 1.69 bits per heavy atom. The molecule has 0 bridgehead atoms. The maximum atomic E-state index is 5.26. The van der Waals surface area contributed by atoms with Crippen molar-refractivity contribution in [3.8, 4) is 0 Å². The molecule has 0 saturated carbocycles. The van der Waals surface area contributed by atoms with E-state index >= 15 is 0 Å². The molecule has 1 rings (SSSR count). The van der Waals surface area contributed by atoms with Gasteiger partial charge in [0, 0.05) is 14.2 Å². The van der Waals surface area contributed by atoms with Gasteiger partial charge in [0.2, 0.25) is 8.38 Å². The predicted octanol–water partition coefficient (Wildman–Crippen LogP) is 3.18. The lowest BCUT2D eigenvalue weighted by Crippen LogP contribution is -2.06. The van der Waals surface area contributed by atoms with Gasteiger partial charge in [-0.05, 0) is 18.1 Å². The molecule has 0 aliphatic rings. The Hall–Kier alpha value is -0.510. The van der Waals surface area contributed by atoms with Crippen molar-refractivity contribution in [1.82, 2.24) is 0 Å². The van der Waals surface area contributed by atoms with Crippen molar-refractivity contribution in [1.29, 1.82) is 0 Å². The first-order chi connectivity index (χ1) is 7.74. The molecule has 0 amide bonds. The van der Waals surface area contributed by atoms with Crippen LogP contribution in [0.25, 0.3) is 0 Å². The molecule has 0 saturated heterocycles. The van der Waals surface area contributed by atoms with E-state index in [-0.39, 0.29) is 5.85 Å². The highest BCUT2D eigenvalue weighted by atomic mass is 31.2. The summed E-state index contributed by atoms with van der Waals surface area (Å²) in [7, 11) is 3.50. The van der Waals surface area contributed by atoms with E-state index in [4.69, 9.17) is 18.8 Å². The molecule has 0 aliphatic heterocycles. The first kappa shape index (κ1) is 13.6. The SMILES string of the molecule is COOC(c1ccccc1C)P(OC)OC. The van der Waals surface area contributed by atoms with Crippen molar-refractivity contribution in [3.05, 3.63) is 35.4 Å². The zero-order chi connectivity index (χ0) is 12.0. The van der Waals surface area contributed by atoms with Crippen LogP contribution in [0.2, 0.25) is 0 Å². The first-order valence-electron chi connectivity index (χ1n) is 4.87. The molecule has 0 heterocycles. The molecular formula is C11H17O4P. The fourth-order valence-corrected chi connectivity index (χ4v) is 2.63. The van der Waals surface area contributed by atoms with Crippen molar-refractivity contribution in [2.24, 2.45) is 0 Å².